The lowest BCUT2D eigenvalue weighted by atomic mass is 9.59. The number of amides is 1. The van der Waals surface area contributed by atoms with Crippen LogP contribution in [0.5, 0.6) is 5.75 Å². The summed E-state index contributed by atoms with van der Waals surface area (Å²) in [6.07, 6.45) is -0.182. The van der Waals surface area contributed by atoms with Crippen LogP contribution in [0.3, 0.4) is 0 Å². The highest BCUT2D eigenvalue weighted by Crippen LogP contribution is 2.53. The summed E-state index contributed by atoms with van der Waals surface area (Å²) in [5.41, 5.74) is 2.60. The number of fused-ring (bicyclic) bond motifs is 3. The number of carbonyl (C=O) groups excluding carboxylic acids is 3. The highest BCUT2D eigenvalue weighted by Gasteiger charge is 2.60. The standard InChI is InChI=1S/C24H25ClN2O8S/c25-19-11(9-27-1-3-36(35)4-2-27)7-14(28)17-13(19)6-10-5-12-8-15(29)18(23(26)33)22(32)24(12,34)21(31)16(10)20(17)30/h7,10,12,28,30,32,34H,1-6,8-9H2,(H2,26,33)/t10?,12-,24-/m0/s1. The predicted molar refractivity (Wildman–Crippen MR) is 130 cm³/mol. The number of rotatable bonds is 3. The van der Waals surface area contributed by atoms with Crippen LogP contribution in [0.4, 0.5) is 0 Å². The molecule has 10 nitrogen and oxygen atoms in total. The second-order valence-electron chi connectivity index (χ2n) is 9.75. The summed E-state index contributed by atoms with van der Waals surface area (Å²) in [5.74, 6) is -5.62. The van der Waals surface area contributed by atoms with Crippen LogP contribution in [0.1, 0.15) is 29.5 Å². The van der Waals surface area contributed by atoms with Crippen LogP contribution in [0.25, 0.3) is 5.76 Å². The number of primary amides is 1. The van der Waals surface area contributed by atoms with Crippen molar-refractivity contribution >= 4 is 45.6 Å². The van der Waals surface area contributed by atoms with Gasteiger partial charge in [-0.05, 0) is 36.0 Å². The Bertz CT molecular complexity index is 1310. The van der Waals surface area contributed by atoms with Crippen LogP contribution in [0, 0.1) is 11.8 Å². The Hall–Kier alpha value is -2.73. The molecule has 1 saturated heterocycles. The molecule has 2 fully saturated rings. The zero-order valence-electron chi connectivity index (χ0n) is 19.1. The Labute approximate surface area is 213 Å². The van der Waals surface area contributed by atoms with Crippen molar-refractivity contribution < 1.29 is 39.0 Å². The molecule has 1 heterocycles. The molecule has 0 spiro atoms. The molecule has 3 aliphatic carbocycles. The monoisotopic (exact) mass is 536 g/mol. The highest BCUT2D eigenvalue weighted by molar-refractivity contribution is 7.85. The van der Waals surface area contributed by atoms with Gasteiger partial charge in [-0.3, -0.25) is 23.5 Å². The number of nitrogens with zero attached hydrogens (tertiary/aromatic N) is 1. The van der Waals surface area contributed by atoms with Crippen LogP contribution < -0.4 is 5.73 Å². The molecule has 1 aliphatic heterocycles. The summed E-state index contributed by atoms with van der Waals surface area (Å²) in [4.78, 5) is 39.7. The fourth-order valence-electron chi connectivity index (χ4n) is 5.91. The second-order valence-corrected chi connectivity index (χ2v) is 11.8. The van der Waals surface area contributed by atoms with Crippen LogP contribution in [-0.4, -0.2) is 77.2 Å². The summed E-state index contributed by atoms with van der Waals surface area (Å²) < 4.78 is 11.7. The number of carbonyl (C=O) groups is 3. The van der Waals surface area contributed by atoms with E-state index in [-0.39, 0.29) is 36.1 Å². The van der Waals surface area contributed by atoms with Gasteiger partial charge in [0.15, 0.2) is 11.4 Å². The summed E-state index contributed by atoms with van der Waals surface area (Å²) in [6, 6.07) is 1.41. The van der Waals surface area contributed by atoms with Gasteiger partial charge >= 0.3 is 0 Å². The number of benzene rings is 1. The molecule has 1 aromatic rings. The number of hydrogen-bond acceptors (Lipinski definition) is 9. The minimum Gasteiger partial charge on any atom is -0.508 e. The molecule has 4 aliphatic rings. The third-order valence-electron chi connectivity index (χ3n) is 7.74. The summed E-state index contributed by atoms with van der Waals surface area (Å²) in [6.45, 7) is 1.64. The smallest absolute Gasteiger partial charge is 0.255 e. The van der Waals surface area contributed by atoms with Crippen molar-refractivity contribution in [2.75, 3.05) is 24.6 Å². The van der Waals surface area contributed by atoms with Crippen molar-refractivity contribution in [1.29, 1.82) is 0 Å². The van der Waals surface area contributed by atoms with Crippen molar-refractivity contribution in [3.05, 3.63) is 44.7 Å². The van der Waals surface area contributed by atoms with E-state index in [0.717, 1.165) is 0 Å². The van der Waals surface area contributed by atoms with Crippen molar-refractivity contribution in [3.63, 3.8) is 0 Å². The topological polar surface area (TPSA) is 178 Å². The average Bonchev–Trinajstić information content (AvgIpc) is 2.80. The summed E-state index contributed by atoms with van der Waals surface area (Å²) >= 11 is 6.73. The van der Waals surface area contributed by atoms with Gasteiger partial charge in [-0.25, -0.2) is 0 Å². The number of halogens is 1. The van der Waals surface area contributed by atoms with Crippen LogP contribution in [0.2, 0.25) is 5.02 Å². The maximum Gasteiger partial charge on any atom is 0.255 e. The largest absolute Gasteiger partial charge is 0.508 e. The number of Topliss-reactive ketones (excluding diaryl/α,β-unsaturated/α-hetero) is 2. The lowest BCUT2D eigenvalue weighted by molar-refractivity contribution is -0.147. The molecule has 0 radical (unpaired) electrons. The first-order chi connectivity index (χ1) is 16.9. The number of hydrogen-bond donors (Lipinski definition) is 5. The SMILES string of the molecule is NC(=O)C1=C(O)[C@@]2(O)C(=O)C3=C(O)c4c(O)cc(CN5CCS(=O)CC5)c(Cl)c4CC3C[C@H]2CC1=O. The lowest BCUT2D eigenvalue weighted by Gasteiger charge is -2.46. The van der Waals surface area contributed by atoms with Crippen LogP contribution in [-0.2, 0) is 38.1 Å². The van der Waals surface area contributed by atoms with E-state index in [1.54, 1.807) is 0 Å². The predicted octanol–water partition coefficient (Wildman–Crippen LogP) is 0.642. The Balaban J connectivity index is 1.57. The van der Waals surface area contributed by atoms with Crippen molar-refractivity contribution in [1.82, 2.24) is 4.90 Å². The van der Waals surface area contributed by atoms with Crippen molar-refractivity contribution in [3.8, 4) is 5.75 Å². The number of aromatic hydroxyl groups is 1. The minimum absolute atomic E-state index is 0.0318. The van der Waals surface area contributed by atoms with E-state index in [1.807, 2.05) is 0 Å². The Morgan fingerprint density at radius 2 is 1.86 bits per heavy atom. The van der Waals surface area contributed by atoms with Gasteiger partial charge in [0.25, 0.3) is 5.91 Å². The number of ketones is 2. The highest BCUT2D eigenvalue weighted by atomic mass is 35.5. The maximum absolute atomic E-state index is 13.5. The number of phenolic OH excluding ortho intramolecular Hbond substituents is 1. The Morgan fingerprint density at radius 1 is 1.19 bits per heavy atom. The zero-order chi connectivity index (χ0) is 26.1. The van der Waals surface area contributed by atoms with E-state index in [0.29, 0.717) is 47.3 Å². The van der Waals surface area contributed by atoms with Gasteiger partial charge in [0.2, 0.25) is 5.78 Å². The fourth-order valence-corrected chi connectivity index (χ4v) is 7.33. The molecule has 12 heteroatoms. The molecule has 1 amide bonds. The van der Waals surface area contributed by atoms with E-state index in [4.69, 9.17) is 17.3 Å². The second kappa shape index (κ2) is 8.69. The van der Waals surface area contributed by atoms with Crippen molar-refractivity contribution in [2.45, 2.75) is 31.4 Å². The Kier molecular flexibility index (Phi) is 6.02. The molecule has 0 bridgehead atoms. The van der Waals surface area contributed by atoms with Gasteiger partial charge in [0.05, 0.1) is 5.56 Å². The van der Waals surface area contributed by atoms with E-state index < -0.39 is 62.8 Å². The van der Waals surface area contributed by atoms with Gasteiger partial charge in [-0.2, -0.15) is 0 Å². The molecule has 192 valence electrons. The first-order valence-corrected chi connectivity index (χ1v) is 13.4. The maximum atomic E-state index is 13.5. The molecule has 1 saturated carbocycles. The molecular weight excluding hydrogens is 512 g/mol. The molecular formula is C24H25ClN2O8S. The first kappa shape index (κ1) is 24.9. The normalized spacial score (nSPS) is 29.2. The Morgan fingerprint density at radius 3 is 2.50 bits per heavy atom. The molecule has 0 aromatic heterocycles. The van der Waals surface area contributed by atoms with Crippen LogP contribution >= 0.6 is 11.6 Å². The minimum atomic E-state index is -2.59. The summed E-state index contributed by atoms with van der Waals surface area (Å²) in [7, 11) is -0.847. The van der Waals surface area contributed by atoms with E-state index >= 15 is 0 Å². The van der Waals surface area contributed by atoms with E-state index in [9.17, 15) is 39.0 Å². The van der Waals surface area contributed by atoms with E-state index in [2.05, 4.69) is 4.90 Å². The van der Waals surface area contributed by atoms with Gasteiger partial charge in [0.1, 0.15) is 22.8 Å². The van der Waals surface area contributed by atoms with Gasteiger partial charge in [-0.15, -0.1) is 0 Å². The molecule has 1 unspecified atom stereocenters. The zero-order valence-corrected chi connectivity index (χ0v) is 20.7. The third-order valence-corrected chi connectivity index (χ3v) is 9.48. The molecule has 6 N–H and O–H groups in total. The first-order valence-electron chi connectivity index (χ1n) is 11.5. The van der Waals surface area contributed by atoms with Gasteiger partial charge in [0, 0.05) is 64.9 Å². The number of phenols is 1. The van der Waals surface area contributed by atoms with Gasteiger partial charge in [-0.1, -0.05) is 11.6 Å². The summed E-state index contributed by atoms with van der Waals surface area (Å²) in [5, 5.41) is 44.1. The van der Waals surface area contributed by atoms with Gasteiger partial charge < -0.3 is 26.2 Å². The molecule has 36 heavy (non-hydrogen) atoms. The quantitative estimate of drug-likeness (QED) is 0.346. The average molecular weight is 537 g/mol. The molecule has 1 aromatic carbocycles. The number of aliphatic hydroxyl groups is 3. The lowest BCUT2D eigenvalue weighted by Crippen LogP contribution is -2.58. The van der Waals surface area contributed by atoms with E-state index in [1.165, 1.54) is 6.07 Å². The number of nitrogens with two attached hydrogens (primary N) is 1. The molecule has 3 atom stereocenters. The van der Waals surface area contributed by atoms with Crippen molar-refractivity contribution in [2.24, 2.45) is 17.6 Å². The molecule has 5 rings (SSSR count). The fraction of sp³-hybridized carbons (Fsp3) is 0.458. The number of aliphatic hydroxyl groups excluding tert-OH is 2. The third kappa shape index (κ3) is 3.60. The van der Waals surface area contributed by atoms with Crippen LogP contribution in [0.15, 0.2) is 23.0 Å².